The smallest absolute Gasteiger partial charge is 0.237 e. The van der Waals surface area contributed by atoms with E-state index >= 15 is 4.39 Å². The van der Waals surface area contributed by atoms with Gasteiger partial charge in [0.05, 0.1) is 36.5 Å². The summed E-state index contributed by atoms with van der Waals surface area (Å²) >= 11 is 0. The minimum absolute atomic E-state index is 0.0213. The summed E-state index contributed by atoms with van der Waals surface area (Å²) in [7, 11) is 0. The average Bonchev–Trinajstić information content (AvgIpc) is 3.64. The lowest BCUT2D eigenvalue weighted by Crippen LogP contribution is -2.40. The summed E-state index contributed by atoms with van der Waals surface area (Å²) in [5, 5.41) is 9.05. The molecule has 0 spiro atoms. The number of piperidine rings is 2. The summed E-state index contributed by atoms with van der Waals surface area (Å²) in [6, 6.07) is 11.2. The Morgan fingerprint density at radius 2 is 1.82 bits per heavy atom. The molecule has 5 aliphatic heterocycles. The molecule has 4 aromatic rings. The number of fused-ring (bicyclic) bond motifs is 3. The summed E-state index contributed by atoms with van der Waals surface area (Å²) in [4.78, 5) is 57.7. The van der Waals surface area contributed by atoms with Gasteiger partial charge < -0.3 is 25.2 Å². The third kappa shape index (κ3) is 7.87. The monoisotopic (exact) mass is 773 g/mol. The van der Waals surface area contributed by atoms with Crippen molar-refractivity contribution in [1.29, 1.82) is 0 Å². The first-order chi connectivity index (χ1) is 27.7. The van der Waals surface area contributed by atoms with Crippen molar-refractivity contribution < 1.29 is 23.5 Å². The molecule has 296 valence electrons. The standard InChI is InChI=1S/C43H48FN9O4/c1-26-37(22-46-42-40(26)45-12-17-57-42)53-16-11-30-21-47-43(49-36(30)25-53)48-33-5-4-29(35(44)20-33)19-39(55)52-14-9-27(10-15-52)8-13-51-23-31-3-2-28(18-32(31)24-51)34-6-7-38(54)50-41(34)56/h2-5,18,20-22,27,34,45H,6-17,19,23-25H2,1H3,(H,47,48,49)(H,50,54,56). The Balaban J connectivity index is 0.739. The van der Waals surface area contributed by atoms with Crippen molar-refractivity contribution in [2.75, 3.05) is 54.9 Å². The van der Waals surface area contributed by atoms with E-state index in [1.54, 1.807) is 12.1 Å². The number of halogens is 1. The fraction of sp³-hybridized carbons (Fsp3) is 0.442. The first-order valence-electron chi connectivity index (χ1n) is 20.2. The van der Waals surface area contributed by atoms with E-state index in [1.165, 1.54) is 17.2 Å². The third-order valence-corrected chi connectivity index (χ3v) is 12.3. The van der Waals surface area contributed by atoms with Gasteiger partial charge in [-0.2, -0.15) is 0 Å². The van der Waals surface area contributed by atoms with Crippen LogP contribution in [-0.2, 0) is 46.9 Å². The average molecular weight is 774 g/mol. The number of nitrogens with one attached hydrogen (secondary N) is 3. The van der Waals surface area contributed by atoms with Crippen molar-refractivity contribution >= 4 is 40.7 Å². The van der Waals surface area contributed by atoms with E-state index in [9.17, 15) is 14.4 Å². The Kier molecular flexibility index (Phi) is 10.2. The molecule has 1 unspecified atom stereocenters. The predicted molar refractivity (Wildman–Crippen MR) is 213 cm³/mol. The van der Waals surface area contributed by atoms with E-state index in [0.717, 1.165) is 92.2 Å². The van der Waals surface area contributed by atoms with Crippen LogP contribution in [0.1, 0.15) is 77.1 Å². The maximum atomic E-state index is 15.4. The van der Waals surface area contributed by atoms with E-state index < -0.39 is 5.82 Å². The van der Waals surface area contributed by atoms with Crippen LogP contribution in [0.15, 0.2) is 48.8 Å². The van der Waals surface area contributed by atoms with Gasteiger partial charge in [0.15, 0.2) is 0 Å². The van der Waals surface area contributed by atoms with Crippen LogP contribution in [0.3, 0.4) is 0 Å². The molecule has 2 fully saturated rings. The quantitative estimate of drug-likeness (QED) is 0.195. The second kappa shape index (κ2) is 15.7. The normalized spacial score (nSPS) is 19.6. The Morgan fingerprint density at radius 3 is 2.67 bits per heavy atom. The van der Waals surface area contributed by atoms with Crippen LogP contribution < -0.4 is 25.6 Å². The van der Waals surface area contributed by atoms with Gasteiger partial charge in [-0.25, -0.2) is 19.3 Å². The number of nitrogens with zero attached hydrogens (tertiary/aromatic N) is 6. The maximum absolute atomic E-state index is 15.4. The van der Waals surface area contributed by atoms with E-state index in [-0.39, 0.29) is 30.1 Å². The minimum Gasteiger partial charge on any atom is -0.474 e. The van der Waals surface area contributed by atoms with Crippen LogP contribution in [0, 0.1) is 18.7 Å². The molecule has 57 heavy (non-hydrogen) atoms. The minimum atomic E-state index is -0.434. The number of ether oxygens (including phenoxy) is 1. The first kappa shape index (κ1) is 37.0. The Bertz CT molecular complexity index is 2220. The number of carbonyl (C=O) groups excluding carboxylic acids is 3. The van der Waals surface area contributed by atoms with E-state index in [1.807, 2.05) is 23.4 Å². The van der Waals surface area contributed by atoms with Gasteiger partial charge in [-0.15, -0.1) is 0 Å². The highest BCUT2D eigenvalue weighted by Crippen LogP contribution is 2.37. The molecule has 9 rings (SSSR count). The molecular weight excluding hydrogens is 726 g/mol. The summed E-state index contributed by atoms with van der Waals surface area (Å²) in [5.74, 6) is 0.427. The van der Waals surface area contributed by atoms with Crippen molar-refractivity contribution in [3.05, 3.63) is 93.7 Å². The Morgan fingerprint density at radius 1 is 0.965 bits per heavy atom. The first-order valence-corrected chi connectivity index (χ1v) is 20.2. The lowest BCUT2D eigenvalue weighted by molar-refractivity contribution is -0.134. The summed E-state index contributed by atoms with van der Waals surface area (Å²) < 4.78 is 21.1. The number of amides is 3. The van der Waals surface area contributed by atoms with Gasteiger partial charge in [0.1, 0.15) is 18.1 Å². The molecule has 1 atom stereocenters. The fourth-order valence-electron chi connectivity index (χ4n) is 8.98. The maximum Gasteiger partial charge on any atom is 0.237 e. The molecule has 2 aromatic heterocycles. The highest BCUT2D eigenvalue weighted by molar-refractivity contribution is 6.01. The molecule has 0 radical (unpaired) electrons. The number of benzene rings is 2. The predicted octanol–water partition coefficient (Wildman–Crippen LogP) is 5.14. The zero-order valence-electron chi connectivity index (χ0n) is 32.3. The Hall–Kier alpha value is -5.63. The number of carbonyl (C=O) groups is 3. The van der Waals surface area contributed by atoms with Gasteiger partial charge in [0, 0.05) is 63.1 Å². The van der Waals surface area contributed by atoms with Crippen molar-refractivity contribution in [1.82, 2.24) is 30.1 Å². The van der Waals surface area contributed by atoms with E-state index in [0.29, 0.717) is 68.1 Å². The second-order valence-corrected chi connectivity index (χ2v) is 16.0. The van der Waals surface area contributed by atoms with Gasteiger partial charge >= 0.3 is 0 Å². The molecule has 3 amide bonds. The number of likely N-dealkylation sites (tertiary alicyclic amines) is 1. The van der Waals surface area contributed by atoms with Crippen LogP contribution in [0.5, 0.6) is 5.88 Å². The number of pyridine rings is 1. The number of hydrogen-bond donors (Lipinski definition) is 3. The number of hydrogen-bond acceptors (Lipinski definition) is 11. The number of rotatable bonds is 9. The number of anilines is 4. The van der Waals surface area contributed by atoms with Gasteiger partial charge in [0.2, 0.25) is 29.5 Å². The molecule has 14 heteroatoms. The fourth-order valence-corrected chi connectivity index (χ4v) is 8.98. The summed E-state index contributed by atoms with van der Waals surface area (Å²) in [6.07, 6.45) is 8.40. The molecule has 0 bridgehead atoms. The van der Waals surface area contributed by atoms with Crippen LogP contribution in [0.2, 0.25) is 0 Å². The molecule has 13 nitrogen and oxygen atoms in total. The number of imide groups is 1. The summed E-state index contributed by atoms with van der Waals surface area (Å²) in [5.41, 5.74) is 9.52. The topological polar surface area (TPSA) is 145 Å². The van der Waals surface area contributed by atoms with Crippen LogP contribution in [0.25, 0.3) is 0 Å². The Labute approximate surface area is 331 Å². The third-order valence-electron chi connectivity index (χ3n) is 12.3. The van der Waals surface area contributed by atoms with Gasteiger partial charge in [-0.1, -0.05) is 24.3 Å². The molecular formula is C43H48FN9O4. The largest absolute Gasteiger partial charge is 0.474 e. The zero-order valence-corrected chi connectivity index (χ0v) is 32.3. The van der Waals surface area contributed by atoms with Crippen molar-refractivity contribution in [2.24, 2.45) is 5.92 Å². The highest BCUT2D eigenvalue weighted by atomic mass is 19.1. The number of aromatic nitrogens is 3. The SMILES string of the molecule is Cc1c(N2CCc3cnc(Nc4ccc(CC(=O)N5CCC(CCN6Cc7ccc(C8CCC(=O)NC8=O)cc7C6)CC5)c(F)c4)nc3C2)cnc2c1NCCO2. The van der Waals surface area contributed by atoms with Gasteiger partial charge in [-0.05, 0) is 91.4 Å². The highest BCUT2D eigenvalue weighted by Gasteiger charge is 2.31. The zero-order chi connectivity index (χ0) is 39.0. The molecule has 7 heterocycles. The molecule has 2 saturated heterocycles. The van der Waals surface area contributed by atoms with Crippen LogP contribution in [-0.4, -0.2) is 81.8 Å². The van der Waals surface area contributed by atoms with Gasteiger partial charge in [0.25, 0.3) is 0 Å². The molecule has 0 aliphatic carbocycles. The van der Waals surface area contributed by atoms with Crippen molar-refractivity contribution in [3.63, 3.8) is 0 Å². The van der Waals surface area contributed by atoms with Crippen LogP contribution in [0.4, 0.5) is 27.4 Å². The summed E-state index contributed by atoms with van der Waals surface area (Å²) in [6.45, 7) is 8.94. The van der Waals surface area contributed by atoms with Gasteiger partial charge in [-0.3, -0.25) is 24.6 Å². The van der Waals surface area contributed by atoms with Crippen molar-refractivity contribution in [3.8, 4) is 5.88 Å². The van der Waals surface area contributed by atoms with E-state index in [4.69, 9.17) is 9.72 Å². The van der Waals surface area contributed by atoms with Crippen LogP contribution >= 0.6 is 0 Å². The van der Waals surface area contributed by atoms with E-state index in [2.05, 4.69) is 54.8 Å². The molecule has 5 aliphatic rings. The molecule has 0 saturated carbocycles. The molecule has 2 aromatic carbocycles. The second-order valence-electron chi connectivity index (χ2n) is 16.0. The lowest BCUT2D eigenvalue weighted by Gasteiger charge is -2.33. The molecule has 3 N–H and O–H groups in total. The van der Waals surface area contributed by atoms with Crippen molar-refractivity contribution in [2.45, 2.75) is 77.4 Å². The lowest BCUT2D eigenvalue weighted by atomic mass is 9.89.